The Balaban J connectivity index is 1.32. The van der Waals surface area contributed by atoms with Crippen LogP contribution in [-0.2, 0) is 11.3 Å². The molecule has 0 bridgehead atoms. The number of benzene rings is 3. The Morgan fingerprint density at radius 1 is 1.00 bits per heavy atom. The lowest BCUT2D eigenvalue weighted by Gasteiger charge is -2.24. The first kappa shape index (κ1) is 19.5. The summed E-state index contributed by atoms with van der Waals surface area (Å²) in [4.78, 5) is 14.8. The Kier molecular flexibility index (Phi) is 5.02. The largest absolute Gasteiger partial charge is 0.504 e. The van der Waals surface area contributed by atoms with Crippen molar-refractivity contribution < 1.29 is 19.4 Å². The molecule has 0 radical (unpaired) electrons. The second kappa shape index (κ2) is 7.99. The summed E-state index contributed by atoms with van der Waals surface area (Å²) in [7, 11) is 1.52. The van der Waals surface area contributed by atoms with E-state index in [9.17, 15) is 9.90 Å². The van der Waals surface area contributed by atoms with Gasteiger partial charge in [-0.15, -0.1) is 0 Å². The molecular formula is C26H25NO4. The van der Waals surface area contributed by atoms with Gasteiger partial charge in [0, 0.05) is 18.5 Å². The normalized spacial score (nSPS) is 14.6. The number of phenols is 1. The molecule has 0 aromatic heterocycles. The highest BCUT2D eigenvalue weighted by Gasteiger charge is 2.35. The first-order valence-corrected chi connectivity index (χ1v) is 10.6. The number of nitrogens with zero attached hydrogens (tertiary/aromatic N) is 1. The Morgan fingerprint density at radius 3 is 2.26 bits per heavy atom. The monoisotopic (exact) mass is 415 g/mol. The summed E-state index contributed by atoms with van der Waals surface area (Å²) < 4.78 is 11.1. The van der Waals surface area contributed by atoms with Crippen LogP contribution in [0.1, 0.15) is 35.4 Å². The number of hydrogen-bond donors (Lipinski definition) is 1. The molecule has 1 N–H and O–H groups in total. The van der Waals surface area contributed by atoms with Gasteiger partial charge in [-0.05, 0) is 52.8 Å². The topological polar surface area (TPSA) is 59.0 Å². The van der Waals surface area contributed by atoms with Gasteiger partial charge in [-0.25, -0.2) is 4.79 Å². The number of carbonyl (C=O) groups is 1. The molecule has 0 atom stereocenters. The second-order valence-electron chi connectivity index (χ2n) is 8.17. The smallest absolute Gasteiger partial charge is 0.410 e. The summed E-state index contributed by atoms with van der Waals surface area (Å²) in [6.45, 7) is 0.743. The van der Waals surface area contributed by atoms with E-state index in [1.54, 1.807) is 17.0 Å². The number of amides is 1. The number of methoxy groups -OCH3 is 1. The van der Waals surface area contributed by atoms with E-state index in [2.05, 4.69) is 24.3 Å². The van der Waals surface area contributed by atoms with Crippen molar-refractivity contribution >= 4 is 6.09 Å². The minimum atomic E-state index is -0.295. The van der Waals surface area contributed by atoms with E-state index in [4.69, 9.17) is 9.47 Å². The van der Waals surface area contributed by atoms with Crippen LogP contribution in [0.5, 0.6) is 11.5 Å². The minimum absolute atomic E-state index is 0.0474. The van der Waals surface area contributed by atoms with E-state index in [1.807, 2.05) is 30.3 Å². The lowest BCUT2D eigenvalue weighted by molar-refractivity contribution is 0.0944. The summed E-state index contributed by atoms with van der Waals surface area (Å²) in [5.74, 6) is 0.539. The van der Waals surface area contributed by atoms with E-state index >= 15 is 0 Å². The van der Waals surface area contributed by atoms with Crippen molar-refractivity contribution in [3.8, 4) is 22.6 Å². The van der Waals surface area contributed by atoms with E-state index < -0.39 is 0 Å². The zero-order chi connectivity index (χ0) is 21.4. The van der Waals surface area contributed by atoms with Crippen LogP contribution in [-0.4, -0.2) is 35.9 Å². The number of rotatable bonds is 6. The summed E-state index contributed by atoms with van der Waals surface area (Å²) >= 11 is 0. The molecule has 0 heterocycles. The molecule has 5 heteroatoms. The summed E-state index contributed by atoms with van der Waals surface area (Å²) in [6, 6.07) is 22.0. The predicted octanol–water partition coefficient (Wildman–Crippen LogP) is 5.31. The Labute approximate surface area is 181 Å². The fraction of sp³-hybridized carbons (Fsp3) is 0.269. The van der Waals surface area contributed by atoms with Gasteiger partial charge in [-0.2, -0.15) is 0 Å². The lowest BCUT2D eigenvalue weighted by Crippen LogP contribution is -2.34. The van der Waals surface area contributed by atoms with Gasteiger partial charge >= 0.3 is 6.09 Å². The van der Waals surface area contributed by atoms with Crippen molar-refractivity contribution in [2.75, 3.05) is 13.7 Å². The van der Waals surface area contributed by atoms with Crippen molar-refractivity contribution in [2.24, 2.45) is 0 Å². The fourth-order valence-electron chi connectivity index (χ4n) is 4.42. The highest BCUT2D eigenvalue weighted by atomic mass is 16.6. The van der Waals surface area contributed by atoms with Gasteiger partial charge in [0.25, 0.3) is 0 Å². The maximum absolute atomic E-state index is 13.1. The summed E-state index contributed by atoms with van der Waals surface area (Å²) in [5, 5.41) is 9.84. The molecule has 0 saturated heterocycles. The molecule has 1 amide bonds. The molecule has 1 fully saturated rings. The van der Waals surface area contributed by atoms with Crippen molar-refractivity contribution in [3.63, 3.8) is 0 Å². The SMILES string of the molecule is COc1cc(CN(C(=O)OCC2c3ccccc3-c3ccccc32)C2CC2)ccc1O. The van der Waals surface area contributed by atoms with Crippen LogP contribution < -0.4 is 4.74 Å². The third kappa shape index (κ3) is 3.72. The first-order valence-electron chi connectivity index (χ1n) is 10.6. The van der Waals surface area contributed by atoms with Gasteiger partial charge in [-0.1, -0.05) is 54.6 Å². The maximum Gasteiger partial charge on any atom is 0.410 e. The molecule has 3 aromatic rings. The third-order valence-corrected chi connectivity index (χ3v) is 6.16. The zero-order valence-corrected chi connectivity index (χ0v) is 17.5. The highest BCUT2D eigenvalue weighted by molar-refractivity contribution is 5.79. The Hall–Kier alpha value is -3.47. The van der Waals surface area contributed by atoms with E-state index in [1.165, 1.54) is 29.4 Å². The number of aromatic hydroxyl groups is 1. The summed E-state index contributed by atoms with van der Waals surface area (Å²) in [6.07, 6.45) is 1.68. The summed E-state index contributed by atoms with van der Waals surface area (Å²) in [5.41, 5.74) is 5.74. The van der Waals surface area contributed by atoms with Gasteiger partial charge in [-0.3, -0.25) is 0 Å². The maximum atomic E-state index is 13.1. The van der Waals surface area contributed by atoms with Crippen LogP contribution >= 0.6 is 0 Å². The Morgan fingerprint density at radius 2 is 1.65 bits per heavy atom. The number of ether oxygens (including phenoxy) is 2. The van der Waals surface area contributed by atoms with Gasteiger partial charge in [0.2, 0.25) is 0 Å². The second-order valence-corrected chi connectivity index (χ2v) is 8.17. The van der Waals surface area contributed by atoms with Gasteiger partial charge in [0.05, 0.1) is 7.11 Å². The van der Waals surface area contributed by atoms with Gasteiger partial charge in [0.15, 0.2) is 11.5 Å². The van der Waals surface area contributed by atoms with E-state index in [0.717, 1.165) is 18.4 Å². The van der Waals surface area contributed by atoms with Crippen molar-refractivity contribution in [2.45, 2.75) is 31.3 Å². The number of hydrogen-bond acceptors (Lipinski definition) is 4. The van der Waals surface area contributed by atoms with Crippen LogP contribution in [0, 0.1) is 0 Å². The third-order valence-electron chi connectivity index (χ3n) is 6.16. The molecule has 2 aliphatic carbocycles. The number of phenolic OH excluding ortho intramolecular Hbond substituents is 1. The van der Waals surface area contributed by atoms with Crippen LogP contribution in [0.2, 0.25) is 0 Å². The minimum Gasteiger partial charge on any atom is -0.504 e. The number of fused-ring (bicyclic) bond motifs is 3. The van der Waals surface area contributed by atoms with Crippen LogP contribution in [0.4, 0.5) is 4.79 Å². The molecule has 5 nitrogen and oxygen atoms in total. The van der Waals surface area contributed by atoms with Crippen LogP contribution in [0.3, 0.4) is 0 Å². The van der Waals surface area contributed by atoms with E-state index in [0.29, 0.717) is 18.9 Å². The molecular weight excluding hydrogens is 390 g/mol. The molecule has 2 aliphatic rings. The highest BCUT2D eigenvalue weighted by Crippen LogP contribution is 2.44. The average molecular weight is 415 g/mol. The van der Waals surface area contributed by atoms with Crippen molar-refractivity contribution in [3.05, 3.63) is 83.4 Å². The van der Waals surface area contributed by atoms with E-state index in [-0.39, 0.29) is 23.8 Å². The van der Waals surface area contributed by atoms with Crippen molar-refractivity contribution in [1.29, 1.82) is 0 Å². The molecule has 0 spiro atoms. The molecule has 3 aromatic carbocycles. The molecule has 158 valence electrons. The number of carbonyl (C=O) groups excluding carboxylic acids is 1. The average Bonchev–Trinajstić information content (AvgIpc) is 3.59. The zero-order valence-electron chi connectivity index (χ0n) is 17.5. The first-order chi connectivity index (χ1) is 15.2. The predicted molar refractivity (Wildman–Crippen MR) is 118 cm³/mol. The fourth-order valence-corrected chi connectivity index (χ4v) is 4.42. The quantitative estimate of drug-likeness (QED) is 0.592. The molecule has 5 rings (SSSR count). The Bertz CT molecular complexity index is 1080. The molecule has 31 heavy (non-hydrogen) atoms. The standard InChI is InChI=1S/C26H25NO4/c1-30-25-14-17(10-13-24(25)28)15-27(18-11-12-18)26(29)31-16-23-21-8-4-2-6-19(21)20-7-3-5-9-22(20)23/h2-10,13-14,18,23,28H,11-12,15-16H2,1H3. The molecule has 0 unspecified atom stereocenters. The van der Waals surface area contributed by atoms with Crippen LogP contribution in [0.25, 0.3) is 11.1 Å². The van der Waals surface area contributed by atoms with Crippen molar-refractivity contribution in [1.82, 2.24) is 4.90 Å². The van der Waals surface area contributed by atoms with Gasteiger partial charge < -0.3 is 19.5 Å². The van der Waals surface area contributed by atoms with Crippen LogP contribution in [0.15, 0.2) is 66.7 Å². The van der Waals surface area contributed by atoms with Gasteiger partial charge in [0.1, 0.15) is 6.61 Å². The molecule has 1 saturated carbocycles. The molecule has 0 aliphatic heterocycles. The lowest BCUT2D eigenvalue weighted by atomic mass is 9.98.